The molecule has 2 nitrogen and oxygen atoms in total. The molecule has 0 aromatic heterocycles. The van der Waals surface area contributed by atoms with Gasteiger partial charge < -0.3 is 4.74 Å². The Morgan fingerprint density at radius 1 is 1.55 bits per heavy atom. The van der Waals surface area contributed by atoms with Crippen molar-refractivity contribution in [3.63, 3.8) is 0 Å². The van der Waals surface area contributed by atoms with Crippen LogP contribution in [0, 0.1) is 11.5 Å². The monoisotopic (exact) mass is 148 g/mol. The number of ether oxygens (including phenoxy) is 1. The second-order valence-corrected chi connectivity index (χ2v) is 2.05. The lowest BCUT2D eigenvalue weighted by Crippen LogP contribution is -2.03. The van der Waals surface area contributed by atoms with E-state index in [0.29, 0.717) is 6.61 Å². The molecule has 1 radical (unpaired) electrons. The molecule has 0 aliphatic rings. The highest BCUT2D eigenvalue weighted by Gasteiger charge is 1.97. The molecular weight excluding hydrogens is 138 g/mol. The molecule has 0 heterocycles. The van der Waals surface area contributed by atoms with E-state index in [1.807, 2.05) is 6.92 Å². The van der Waals surface area contributed by atoms with Gasteiger partial charge in [-0.2, -0.15) is 0 Å². The highest BCUT2D eigenvalue weighted by molar-refractivity contribution is 5.91. The molecule has 0 spiro atoms. The zero-order chi connectivity index (χ0) is 8.10. The molecule has 0 aliphatic heterocycles. The standard InChI is InChI=1S/C9H10NO/c1-2-11-9(10)8-6-4-3-5-7-8/h4-7,10H,2H2,1H3. The van der Waals surface area contributed by atoms with Crippen molar-refractivity contribution in [3.05, 3.63) is 35.9 Å². The maximum Gasteiger partial charge on any atom is 0.213 e. The van der Waals surface area contributed by atoms with Gasteiger partial charge in [0.1, 0.15) is 0 Å². The van der Waals surface area contributed by atoms with Crippen molar-refractivity contribution in [3.8, 4) is 0 Å². The second-order valence-electron chi connectivity index (χ2n) is 2.05. The Morgan fingerprint density at radius 2 is 2.18 bits per heavy atom. The molecule has 0 amide bonds. The van der Waals surface area contributed by atoms with E-state index in [0.717, 1.165) is 5.56 Å². The Labute approximate surface area is 66.3 Å². The summed E-state index contributed by atoms with van der Waals surface area (Å²) < 4.78 is 5.00. The lowest BCUT2D eigenvalue weighted by atomic mass is 10.2. The minimum atomic E-state index is 0.224. The Kier molecular flexibility index (Phi) is 2.66. The fourth-order valence-corrected chi connectivity index (χ4v) is 0.766. The summed E-state index contributed by atoms with van der Waals surface area (Å²) in [6.45, 7) is 2.40. The number of rotatable bonds is 2. The van der Waals surface area contributed by atoms with Crippen LogP contribution in [0.3, 0.4) is 0 Å². The lowest BCUT2D eigenvalue weighted by molar-refractivity contribution is 0.325. The smallest absolute Gasteiger partial charge is 0.213 e. The van der Waals surface area contributed by atoms with Crippen molar-refractivity contribution in [2.75, 3.05) is 6.61 Å². The summed E-state index contributed by atoms with van der Waals surface area (Å²) in [5, 5.41) is 7.39. The maximum atomic E-state index is 7.39. The number of nitrogens with one attached hydrogen (secondary N) is 1. The molecule has 1 rings (SSSR count). The summed E-state index contributed by atoms with van der Waals surface area (Å²) in [4.78, 5) is 0. The molecule has 1 N–H and O–H groups in total. The average Bonchev–Trinajstić information content (AvgIpc) is 2.07. The zero-order valence-corrected chi connectivity index (χ0v) is 6.42. The molecule has 57 valence electrons. The van der Waals surface area contributed by atoms with Gasteiger partial charge in [0.25, 0.3) is 0 Å². The van der Waals surface area contributed by atoms with E-state index < -0.39 is 0 Å². The van der Waals surface area contributed by atoms with Gasteiger partial charge in [0, 0.05) is 5.56 Å². The Bertz CT molecular complexity index is 231. The summed E-state index contributed by atoms with van der Waals surface area (Å²) >= 11 is 0. The predicted octanol–water partition coefficient (Wildman–Crippen LogP) is 1.85. The second kappa shape index (κ2) is 3.76. The first-order chi connectivity index (χ1) is 5.34. The van der Waals surface area contributed by atoms with Crippen LogP contribution in [0.5, 0.6) is 0 Å². The van der Waals surface area contributed by atoms with Crippen LogP contribution in [0.15, 0.2) is 24.3 Å². The molecular formula is C9H10NO. The minimum absolute atomic E-state index is 0.224. The van der Waals surface area contributed by atoms with E-state index >= 15 is 0 Å². The Balaban J connectivity index is 2.69. The van der Waals surface area contributed by atoms with Crippen LogP contribution in [-0.2, 0) is 4.74 Å². The molecule has 0 bridgehead atoms. The summed E-state index contributed by atoms with van der Waals surface area (Å²) in [5.41, 5.74) is 0.797. The largest absolute Gasteiger partial charge is 0.478 e. The van der Waals surface area contributed by atoms with E-state index in [-0.39, 0.29) is 5.90 Å². The van der Waals surface area contributed by atoms with E-state index in [4.69, 9.17) is 10.1 Å². The van der Waals surface area contributed by atoms with Crippen molar-refractivity contribution in [2.45, 2.75) is 6.92 Å². The van der Waals surface area contributed by atoms with Crippen LogP contribution < -0.4 is 0 Å². The molecule has 0 fully saturated rings. The summed E-state index contributed by atoms with van der Waals surface area (Å²) in [7, 11) is 0. The van der Waals surface area contributed by atoms with Crippen molar-refractivity contribution >= 4 is 5.90 Å². The van der Waals surface area contributed by atoms with Gasteiger partial charge in [-0.3, -0.25) is 5.41 Å². The van der Waals surface area contributed by atoms with E-state index in [2.05, 4.69) is 6.07 Å². The van der Waals surface area contributed by atoms with Gasteiger partial charge >= 0.3 is 0 Å². The molecule has 0 atom stereocenters. The van der Waals surface area contributed by atoms with Crippen LogP contribution in [0.1, 0.15) is 12.5 Å². The first-order valence-electron chi connectivity index (χ1n) is 3.52. The molecule has 0 saturated heterocycles. The third-order valence-corrected chi connectivity index (χ3v) is 1.27. The highest BCUT2D eigenvalue weighted by Crippen LogP contribution is 1.99. The first-order valence-corrected chi connectivity index (χ1v) is 3.52. The topological polar surface area (TPSA) is 33.1 Å². The van der Waals surface area contributed by atoms with Gasteiger partial charge in [0.2, 0.25) is 5.90 Å². The fraction of sp³-hybridized carbons (Fsp3) is 0.222. The molecule has 0 aliphatic carbocycles. The van der Waals surface area contributed by atoms with Crippen LogP contribution in [-0.4, -0.2) is 12.5 Å². The van der Waals surface area contributed by atoms with Crippen molar-refractivity contribution in [1.29, 1.82) is 5.41 Å². The van der Waals surface area contributed by atoms with Gasteiger partial charge in [-0.05, 0) is 25.1 Å². The molecule has 0 unspecified atom stereocenters. The van der Waals surface area contributed by atoms with Gasteiger partial charge in [0.15, 0.2) is 0 Å². The summed E-state index contributed by atoms with van der Waals surface area (Å²) in [5.74, 6) is 0.224. The summed E-state index contributed by atoms with van der Waals surface area (Å²) in [6.07, 6.45) is 0. The van der Waals surface area contributed by atoms with Gasteiger partial charge in [-0.1, -0.05) is 12.1 Å². The number of hydrogen-bond acceptors (Lipinski definition) is 2. The third-order valence-electron chi connectivity index (χ3n) is 1.27. The summed E-state index contributed by atoms with van der Waals surface area (Å²) in [6, 6.07) is 10.0. The van der Waals surface area contributed by atoms with E-state index in [1.165, 1.54) is 0 Å². The van der Waals surface area contributed by atoms with Crippen molar-refractivity contribution in [1.82, 2.24) is 0 Å². The highest BCUT2D eigenvalue weighted by atomic mass is 16.5. The van der Waals surface area contributed by atoms with Crippen LogP contribution in [0.4, 0.5) is 0 Å². The van der Waals surface area contributed by atoms with Crippen LogP contribution >= 0.6 is 0 Å². The molecule has 11 heavy (non-hydrogen) atoms. The molecule has 1 aromatic carbocycles. The van der Waals surface area contributed by atoms with Crippen molar-refractivity contribution < 1.29 is 4.74 Å². The first kappa shape index (κ1) is 7.79. The Hall–Kier alpha value is -1.31. The zero-order valence-electron chi connectivity index (χ0n) is 6.42. The molecule has 2 heteroatoms. The fourth-order valence-electron chi connectivity index (χ4n) is 0.766. The van der Waals surface area contributed by atoms with Gasteiger partial charge in [-0.25, -0.2) is 0 Å². The third kappa shape index (κ3) is 2.08. The van der Waals surface area contributed by atoms with Gasteiger partial charge in [0.05, 0.1) is 6.61 Å². The lowest BCUT2D eigenvalue weighted by Gasteiger charge is -2.02. The van der Waals surface area contributed by atoms with E-state index in [1.54, 1.807) is 24.3 Å². The van der Waals surface area contributed by atoms with Crippen LogP contribution in [0.2, 0.25) is 0 Å². The van der Waals surface area contributed by atoms with Crippen LogP contribution in [0.25, 0.3) is 0 Å². The number of hydrogen-bond donors (Lipinski definition) is 1. The SMILES string of the molecule is CCOC(=N)c1cc[c]cc1. The Morgan fingerprint density at radius 3 is 2.73 bits per heavy atom. The van der Waals surface area contributed by atoms with Crippen molar-refractivity contribution in [2.24, 2.45) is 0 Å². The maximum absolute atomic E-state index is 7.39. The molecule has 0 saturated carbocycles. The molecule has 1 aromatic rings. The normalized spacial score (nSPS) is 9.18. The van der Waals surface area contributed by atoms with E-state index in [9.17, 15) is 0 Å². The quantitative estimate of drug-likeness (QED) is 0.504. The number of benzene rings is 1. The average molecular weight is 148 g/mol. The predicted molar refractivity (Wildman–Crippen MR) is 43.7 cm³/mol. The van der Waals surface area contributed by atoms with Gasteiger partial charge in [-0.15, -0.1) is 0 Å². The minimum Gasteiger partial charge on any atom is -0.478 e.